The van der Waals surface area contributed by atoms with Gasteiger partial charge >= 0.3 is 0 Å². The lowest BCUT2D eigenvalue weighted by Gasteiger charge is -2.18. The molecule has 0 fully saturated rings. The second kappa shape index (κ2) is 4.49. The third-order valence-corrected chi connectivity index (χ3v) is 2.91. The van der Waals surface area contributed by atoms with Crippen LogP contribution < -0.4 is 5.73 Å². The van der Waals surface area contributed by atoms with Crippen molar-refractivity contribution in [3.05, 3.63) is 29.3 Å². The minimum absolute atomic E-state index is 0.0692. The zero-order valence-corrected chi connectivity index (χ0v) is 9.92. The molecule has 0 aromatic heterocycles. The normalized spacial score (nSPS) is 11.9. The summed E-state index contributed by atoms with van der Waals surface area (Å²) in [5, 5.41) is 0. The molecule has 0 amide bonds. The van der Waals surface area contributed by atoms with Crippen molar-refractivity contribution in [2.45, 2.75) is 37.0 Å². The highest BCUT2D eigenvalue weighted by Crippen LogP contribution is 2.35. The molecule has 0 radical (unpaired) electrons. The van der Waals surface area contributed by atoms with Crippen LogP contribution in [0.3, 0.4) is 0 Å². The Kier molecular flexibility index (Phi) is 3.73. The van der Waals surface area contributed by atoms with E-state index in [0.29, 0.717) is 5.56 Å². The monoisotopic (exact) mass is 231 g/mol. The van der Waals surface area contributed by atoms with Crippen LogP contribution in [-0.4, -0.2) is 4.75 Å². The van der Waals surface area contributed by atoms with Gasteiger partial charge in [0.1, 0.15) is 11.6 Å². The maximum atomic E-state index is 13.5. The summed E-state index contributed by atoms with van der Waals surface area (Å²) >= 11 is 1.18. The third kappa shape index (κ3) is 3.47. The Balaban J connectivity index is 3.09. The second-order valence-electron chi connectivity index (χ2n) is 4.31. The van der Waals surface area contributed by atoms with Gasteiger partial charge in [-0.2, -0.15) is 0 Å². The Bertz CT molecular complexity index is 335. The van der Waals surface area contributed by atoms with E-state index in [4.69, 9.17) is 5.73 Å². The van der Waals surface area contributed by atoms with Gasteiger partial charge in [-0.3, -0.25) is 0 Å². The summed E-state index contributed by atoms with van der Waals surface area (Å²) in [5.41, 5.74) is 5.80. The predicted molar refractivity (Wildman–Crippen MR) is 59.9 cm³/mol. The fraction of sp³-hybridized carbons (Fsp3) is 0.455. The zero-order chi connectivity index (χ0) is 11.6. The second-order valence-corrected chi connectivity index (χ2v) is 6.14. The van der Waals surface area contributed by atoms with Crippen LogP contribution in [0.2, 0.25) is 0 Å². The van der Waals surface area contributed by atoms with Crippen LogP contribution in [-0.2, 0) is 6.54 Å². The molecule has 0 saturated heterocycles. The van der Waals surface area contributed by atoms with Gasteiger partial charge in [-0.1, -0.05) is 20.8 Å². The summed E-state index contributed by atoms with van der Waals surface area (Å²) in [5.74, 6) is -1.06. The van der Waals surface area contributed by atoms with Gasteiger partial charge in [-0.15, -0.1) is 11.8 Å². The fourth-order valence-electron chi connectivity index (χ4n) is 1.13. The van der Waals surface area contributed by atoms with E-state index in [1.54, 1.807) is 0 Å². The number of halogens is 2. The first kappa shape index (κ1) is 12.5. The average Bonchev–Trinajstić information content (AvgIpc) is 2.09. The number of hydrogen-bond donors (Lipinski definition) is 1. The maximum absolute atomic E-state index is 13.5. The van der Waals surface area contributed by atoms with Crippen LogP contribution in [0.4, 0.5) is 8.78 Å². The molecule has 0 heterocycles. The van der Waals surface area contributed by atoms with E-state index in [1.807, 2.05) is 20.8 Å². The standard InChI is InChI=1S/C11H15F2NS/c1-11(2,3)15-10-8(12)4-7(6-14)5-9(10)13/h4-5H,6,14H2,1-3H3. The van der Waals surface area contributed by atoms with Crippen LogP contribution in [0.5, 0.6) is 0 Å². The first-order valence-corrected chi connectivity index (χ1v) is 5.52. The summed E-state index contributed by atoms with van der Waals surface area (Å²) in [7, 11) is 0. The van der Waals surface area contributed by atoms with Crippen LogP contribution >= 0.6 is 11.8 Å². The van der Waals surface area contributed by atoms with Gasteiger partial charge in [0.15, 0.2) is 0 Å². The molecule has 4 heteroatoms. The minimum Gasteiger partial charge on any atom is -0.326 e. The largest absolute Gasteiger partial charge is 0.326 e. The summed E-state index contributed by atoms with van der Waals surface area (Å²) in [6, 6.07) is 2.58. The van der Waals surface area contributed by atoms with E-state index < -0.39 is 11.6 Å². The van der Waals surface area contributed by atoms with E-state index in [-0.39, 0.29) is 16.2 Å². The Morgan fingerprint density at radius 2 is 1.67 bits per heavy atom. The van der Waals surface area contributed by atoms with E-state index in [0.717, 1.165) is 0 Å². The first-order valence-electron chi connectivity index (χ1n) is 4.70. The van der Waals surface area contributed by atoms with Crippen molar-refractivity contribution in [1.29, 1.82) is 0 Å². The van der Waals surface area contributed by atoms with Gasteiger partial charge in [0.25, 0.3) is 0 Å². The lowest BCUT2D eigenvalue weighted by Crippen LogP contribution is -2.09. The highest BCUT2D eigenvalue weighted by molar-refractivity contribution is 8.00. The van der Waals surface area contributed by atoms with Crippen LogP contribution in [0.25, 0.3) is 0 Å². The molecule has 1 aromatic carbocycles. The molecule has 15 heavy (non-hydrogen) atoms. The molecule has 0 unspecified atom stereocenters. The molecule has 84 valence electrons. The Morgan fingerprint density at radius 3 is 2.00 bits per heavy atom. The third-order valence-electron chi connectivity index (χ3n) is 1.70. The zero-order valence-electron chi connectivity index (χ0n) is 9.10. The van der Waals surface area contributed by atoms with Gasteiger partial charge in [-0.05, 0) is 17.7 Å². The maximum Gasteiger partial charge on any atom is 0.140 e. The SMILES string of the molecule is CC(C)(C)Sc1c(F)cc(CN)cc1F. The van der Waals surface area contributed by atoms with Crippen LogP contribution in [0.1, 0.15) is 26.3 Å². The van der Waals surface area contributed by atoms with Crippen molar-refractivity contribution in [3.8, 4) is 0 Å². The first-order chi connectivity index (χ1) is 6.83. The molecule has 2 N–H and O–H groups in total. The number of thioether (sulfide) groups is 1. The summed E-state index contributed by atoms with van der Waals surface area (Å²) in [4.78, 5) is 0.0692. The lowest BCUT2D eigenvalue weighted by molar-refractivity contribution is 0.535. The lowest BCUT2D eigenvalue weighted by atomic mass is 10.2. The summed E-state index contributed by atoms with van der Waals surface area (Å²) < 4.78 is 26.8. The molecule has 0 aliphatic heterocycles. The summed E-state index contributed by atoms with van der Waals surface area (Å²) in [6.07, 6.45) is 0. The van der Waals surface area contributed by atoms with E-state index >= 15 is 0 Å². The van der Waals surface area contributed by atoms with Gasteiger partial charge in [0, 0.05) is 11.3 Å². The van der Waals surface area contributed by atoms with Crippen molar-refractivity contribution in [2.75, 3.05) is 0 Å². The molecule has 0 atom stereocenters. The Labute approximate surface area is 93.1 Å². The number of benzene rings is 1. The summed E-state index contributed by atoms with van der Waals surface area (Å²) in [6.45, 7) is 5.88. The van der Waals surface area contributed by atoms with Crippen molar-refractivity contribution in [3.63, 3.8) is 0 Å². The molecule has 0 aliphatic carbocycles. The Hall–Kier alpha value is -0.610. The average molecular weight is 231 g/mol. The molecule has 1 nitrogen and oxygen atoms in total. The van der Waals surface area contributed by atoms with Gasteiger partial charge in [0.2, 0.25) is 0 Å². The molecule has 0 bridgehead atoms. The molecule has 0 saturated carbocycles. The van der Waals surface area contributed by atoms with Crippen LogP contribution in [0.15, 0.2) is 17.0 Å². The van der Waals surface area contributed by atoms with Gasteiger partial charge in [-0.25, -0.2) is 8.78 Å². The number of hydrogen-bond acceptors (Lipinski definition) is 2. The van der Waals surface area contributed by atoms with E-state index in [9.17, 15) is 8.78 Å². The molecular weight excluding hydrogens is 216 g/mol. The number of nitrogens with two attached hydrogens (primary N) is 1. The van der Waals surface area contributed by atoms with E-state index in [2.05, 4.69) is 0 Å². The highest BCUT2D eigenvalue weighted by atomic mass is 32.2. The molecular formula is C11H15F2NS. The number of rotatable bonds is 2. The molecule has 0 aliphatic rings. The topological polar surface area (TPSA) is 26.0 Å². The molecule has 1 aromatic rings. The van der Waals surface area contributed by atoms with Crippen LogP contribution in [0, 0.1) is 11.6 Å². The predicted octanol–water partition coefficient (Wildman–Crippen LogP) is 3.31. The van der Waals surface area contributed by atoms with Crippen molar-refractivity contribution in [2.24, 2.45) is 5.73 Å². The van der Waals surface area contributed by atoms with Gasteiger partial charge < -0.3 is 5.73 Å². The fourth-order valence-corrected chi connectivity index (χ4v) is 2.06. The molecule has 1 rings (SSSR count). The highest BCUT2D eigenvalue weighted by Gasteiger charge is 2.19. The smallest absolute Gasteiger partial charge is 0.140 e. The van der Waals surface area contributed by atoms with E-state index in [1.165, 1.54) is 23.9 Å². The van der Waals surface area contributed by atoms with Crippen molar-refractivity contribution >= 4 is 11.8 Å². The van der Waals surface area contributed by atoms with Crippen molar-refractivity contribution < 1.29 is 8.78 Å². The van der Waals surface area contributed by atoms with Gasteiger partial charge in [0.05, 0.1) is 4.90 Å². The quantitative estimate of drug-likeness (QED) is 0.790. The van der Waals surface area contributed by atoms with Crippen molar-refractivity contribution in [1.82, 2.24) is 0 Å². The molecule has 0 spiro atoms. The Morgan fingerprint density at radius 1 is 1.20 bits per heavy atom. The minimum atomic E-state index is -0.532.